The summed E-state index contributed by atoms with van der Waals surface area (Å²) in [6, 6.07) is 0.372. The average Bonchev–Trinajstić information content (AvgIpc) is 2.33. The largest absolute Gasteiger partial charge is 0.340 e. The van der Waals surface area contributed by atoms with Crippen molar-refractivity contribution in [2.45, 2.75) is 73.8 Å². The molecule has 0 radical (unpaired) electrons. The molecule has 1 amide bonds. The van der Waals surface area contributed by atoms with Crippen LogP contribution in [0.5, 0.6) is 0 Å². The van der Waals surface area contributed by atoms with Gasteiger partial charge in [0.1, 0.15) is 0 Å². The summed E-state index contributed by atoms with van der Waals surface area (Å²) >= 11 is 0. The molecule has 0 aromatic heterocycles. The summed E-state index contributed by atoms with van der Waals surface area (Å²) in [5.41, 5.74) is 0. The number of carbonyl (C=O) groups is 1. The minimum Gasteiger partial charge on any atom is -0.340 e. The molecule has 0 spiro atoms. The second-order valence-electron chi connectivity index (χ2n) is 6.20. The van der Waals surface area contributed by atoms with Gasteiger partial charge in [0.25, 0.3) is 0 Å². The third-order valence-electron chi connectivity index (χ3n) is 3.97. The summed E-state index contributed by atoms with van der Waals surface area (Å²) < 4.78 is 0. The second kappa shape index (κ2) is 8.55. The fourth-order valence-corrected chi connectivity index (χ4v) is 2.31. The Morgan fingerprint density at radius 3 is 2.00 bits per heavy atom. The standard InChI is InChI=1S/C16H33NO/c1-8-10-14(6)17(11-12(3)4)16(18)15(7)13(5)9-2/h12-15H,8-11H2,1-7H3. The fraction of sp³-hybridized carbons (Fsp3) is 0.938. The van der Waals surface area contributed by atoms with Crippen LogP contribution in [0.2, 0.25) is 0 Å². The Morgan fingerprint density at radius 1 is 1.06 bits per heavy atom. The Kier molecular flexibility index (Phi) is 8.30. The van der Waals surface area contributed by atoms with Gasteiger partial charge in [-0.3, -0.25) is 4.79 Å². The van der Waals surface area contributed by atoms with Gasteiger partial charge in [-0.05, 0) is 25.2 Å². The summed E-state index contributed by atoms with van der Waals surface area (Å²) in [4.78, 5) is 14.7. The normalized spacial score (nSPS) is 16.4. The van der Waals surface area contributed by atoms with Crippen molar-refractivity contribution < 1.29 is 4.79 Å². The van der Waals surface area contributed by atoms with Gasteiger partial charge in [-0.2, -0.15) is 0 Å². The zero-order valence-electron chi connectivity index (χ0n) is 13.5. The summed E-state index contributed by atoms with van der Waals surface area (Å²) in [6.07, 6.45) is 3.32. The molecule has 3 atom stereocenters. The van der Waals surface area contributed by atoms with E-state index in [1.165, 1.54) is 0 Å². The van der Waals surface area contributed by atoms with Crippen LogP contribution in [-0.4, -0.2) is 23.4 Å². The minimum absolute atomic E-state index is 0.146. The van der Waals surface area contributed by atoms with E-state index in [-0.39, 0.29) is 5.92 Å². The molecule has 0 bridgehead atoms. The van der Waals surface area contributed by atoms with E-state index < -0.39 is 0 Å². The van der Waals surface area contributed by atoms with Crippen LogP contribution in [0.25, 0.3) is 0 Å². The SMILES string of the molecule is CCCC(C)N(CC(C)C)C(=O)C(C)C(C)CC. The molecule has 0 heterocycles. The second-order valence-corrected chi connectivity index (χ2v) is 6.20. The zero-order valence-corrected chi connectivity index (χ0v) is 13.5. The van der Waals surface area contributed by atoms with Crippen molar-refractivity contribution in [3.05, 3.63) is 0 Å². The van der Waals surface area contributed by atoms with E-state index in [1.54, 1.807) is 0 Å². The number of amides is 1. The lowest BCUT2D eigenvalue weighted by Crippen LogP contribution is -2.44. The van der Waals surface area contributed by atoms with E-state index in [2.05, 4.69) is 53.4 Å². The first-order chi connectivity index (χ1) is 8.34. The molecule has 0 saturated carbocycles. The maximum Gasteiger partial charge on any atom is 0.225 e. The highest BCUT2D eigenvalue weighted by molar-refractivity contribution is 5.79. The highest BCUT2D eigenvalue weighted by Crippen LogP contribution is 2.20. The smallest absolute Gasteiger partial charge is 0.225 e. The van der Waals surface area contributed by atoms with Crippen LogP contribution in [0.4, 0.5) is 0 Å². The van der Waals surface area contributed by atoms with E-state index in [0.29, 0.717) is 23.8 Å². The molecule has 0 saturated heterocycles. The van der Waals surface area contributed by atoms with Gasteiger partial charge in [0, 0.05) is 18.5 Å². The number of hydrogen-bond acceptors (Lipinski definition) is 1. The van der Waals surface area contributed by atoms with Gasteiger partial charge in [0.05, 0.1) is 0 Å². The van der Waals surface area contributed by atoms with Crippen molar-refractivity contribution in [2.75, 3.05) is 6.54 Å². The molecule has 18 heavy (non-hydrogen) atoms. The first-order valence-corrected chi connectivity index (χ1v) is 7.65. The van der Waals surface area contributed by atoms with Gasteiger partial charge in [-0.15, -0.1) is 0 Å². The van der Waals surface area contributed by atoms with Crippen molar-refractivity contribution in [1.82, 2.24) is 4.90 Å². The molecule has 2 heteroatoms. The van der Waals surface area contributed by atoms with Crippen molar-refractivity contribution in [3.63, 3.8) is 0 Å². The Labute approximate surface area is 114 Å². The monoisotopic (exact) mass is 255 g/mol. The van der Waals surface area contributed by atoms with Gasteiger partial charge in [-0.25, -0.2) is 0 Å². The maximum atomic E-state index is 12.6. The third-order valence-corrected chi connectivity index (χ3v) is 3.97. The van der Waals surface area contributed by atoms with E-state index >= 15 is 0 Å². The molecule has 0 aliphatic heterocycles. The molecule has 0 aromatic carbocycles. The van der Waals surface area contributed by atoms with Gasteiger partial charge < -0.3 is 4.90 Å². The predicted molar refractivity (Wildman–Crippen MR) is 79.5 cm³/mol. The Hall–Kier alpha value is -0.530. The van der Waals surface area contributed by atoms with Crippen molar-refractivity contribution in [3.8, 4) is 0 Å². The molecule has 0 fully saturated rings. The molecule has 2 nitrogen and oxygen atoms in total. The van der Waals surface area contributed by atoms with Crippen molar-refractivity contribution >= 4 is 5.91 Å². The van der Waals surface area contributed by atoms with E-state index in [4.69, 9.17) is 0 Å². The van der Waals surface area contributed by atoms with E-state index in [1.807, 2.05) is 0 Å². The van der Waals surface area contributed by atoms with Crippen LogP contribution in [0.15, 0.2) is 0 Å². The number of carbonyl (C=O) groups excluding carboxylic acids is 1. The summed E-state index contributed by atoms with van der Waals surface area (Å²) in [5.74, 6) is 1.51. The summed E-state index contributed by atoms with van der Waals surface area (Å²) in [7, 11) is 0. The van der Waals surface area contributed by atoms with Crippen LogP contribution < -0.4 is 0 Å². The molecular weight excluding hydrogens is 222 g/mol. The fourth-order valence-electron chi connectivity index (χ4n) is 2.31. The highest BCUT2D eigenvalue weighted by atomic mass is 16.2. The molecule has 3 unspecified atom stereocenters. The summed E-state index contributed by atoms with van der Waals surface area (Å²) in [5, 5.41) is 0. The van der Waals surface area contributed by atoms with Gasteiger partial charge in [0.15, 0.2) is 0 Å². The van der Waals surface area contributed by atoms with Crippen LogP contribution in [0.3, 0.4) is 0 Å². The molecule has 0 N–H and O–H groups in total. The molecule has 0 rings (SSSR count). The van der Waals surface area contributed by atoms with E-state index in [0.717, 1.165) is 25.8 Å². The number of hydrogen-bond donors (Lipinski definition) is 0. The zero-order chi connectivity index (χ0) is 14.3. The quantitative estimate of drug-likeness (QED) is 0.631. The Morgan fingerprint density at radius 2 is 1.61 bits per heavy atom. The predicted octanol–water partition coefficient (Wildman–Crippen LogP) is 4.34. The molecular formula is C16H33NO. The van der Waals surface area contributed by atoms with Gasteiger partial charge in [0.2, 0.25) is 5.91 Å². The first kappa shape index (κ1) is 17.5. The molecule has 0 aliphatic carbocycles. The summed E-state index contributed by atoms with van der Waals surface area (Å²) in [6.45, 7) is 16.1. The lowest BCUT2D eigenvalue weighted by molar-refractivity contribution is -0.139. The highest BCUT2D eigenvalue weighted by Gasteiger charge is 2.27. The van der Waals surface area contributed by atoms with Gasteiger partial charge in [-0.1, -0.05) is 54.4 Å². The van der Waals surface area contributed by atoms with Crippen LogP contribution in [0, 0.1) is 17.8 Å². The van der Waals surface area contributed by atoms with Crippen LogP contribution >= 0.6 is 0 Å². The third kappa shape index (κ3) is 5.41. The molecule has 0 aliphatic rings. The average molecular weight is 255 g/mol. The number of rotatable bonds is 8. The van der Waals surface area contributed by atoms with Crippen LogP contribution in [-0.2, 0) is 4.79 Å². The molecule has 0 aromatic rings. The Bertz CT molecular complexity index is 237. The van der Waals surface area contributed by atoms with Crippen LogP contribution in [0.1, 0.15) is 67.7 Å². The maximum absolute atomic E-state index is 12.6. The number of nitrogens with zero attached hydrogens (tertiary/aromatic N) is 1. The minimum atomic E-state index is 0.146. The lowest BCUT2D eigenvalue weighted by Gasteiger charge is -2.34. The topological polar surface area (TPSA) is 20.3 Å². The van der Waals surface area contributed by atoms with Crippen molar-refractivity contribution in [1.29, 1.82) is 0 Å². The first-order valence-electron chi connectivity index (χ1n) is 7.65. The van der Waals surface area contributed by atoms with Gasteiger partial charge >= 0.3 is 0 Å². The van der Waals surface area contributed by atoms with E-state index in [9.17, 15) is 4.79 Å². The Balaban J connectivity index is 4.78. The lowest BCUT2D eigenvalue weighted by atomic mass is 9.91. The molecule has 108 valence electrons. The van der Waals surface area contributed by atoms with Crippen molar-refractivity contribution in [2.24, 2.45) is 17.8 Å².